The number of hydrogen-bond acceptors (Lipinski definition) is 3. The first-order chi connectivity index (χ1) is 14.3. The van der Waals surface area contributed by atoms with Crippen LogP contribution in [0.4, 0.5) is 0 Å². The first kappa shape index (κ1) is 22.1. The van der Waals surface area contributed by atoms with Crippen LogP contribution in [-0.4, -0.2) is 28.8 Å². The molecule has 4 rings (SSSR count). The van der Waals surface area contributed by atoms with E-state index in [1.165, 1.54) is 12.8 Å². The summed E-state index contributed by atoms with van der Waals surface area (Å²) in [5, 5.41) is 11.3. The van der Waals surface area contributed by atoms with Gasteiger partial charge in [0.25, 0.3) is 0 Å². The van der Waals surface area contributed by atoms with Crippen LogP contribution in [0.3, 0.4) is 0 Å². The predicted molar refractivity (Wildman–Crippen MR) is 123 cm³/mol. The molecule has 1 fully saturated rings. The molecule has 6 heteroatoms. The third-order valence-electron chi connectivity index (χ3n) is 5.57. The van der Waals surface area contributed by atoms with Crippen molar-refractivity contribution in [1.29, 1.82) is 0 Å². The number of carbonyl (C=O) groups is 1. The Morgan fingerprint density at radius 3 is 2.40 bits per heavy atom. The molecular weight excluding hydrogens is 396 g/mol. The fourth-order valence-corrected chi connectivity index (χ4v) is 3.88. The highest BCUT2D eigenvalue weighted by Crippen LogP contribution is 2.24. The maximum absolute atomic E-state index is 12.4. The maximum atomic E-state index is 12.4. The van der Waals surface area contributed by atoms with Crippen LogP contribution in [0.1, 0.15) is 31.2 Å². The summed E-state index contributed by atoms with van der Waals surface area (Å²) >= 11 is 0. The van der Waals surface area contributed by atoms with Gasteiger partial charge in [-0.15, -0.1) is 12.4 Å². The van der Waals surface area contributed by atoms with Gasteiger partial charge in [0.05, 0.1) is 11.4 Å². The van der Waals surface area contributed by atoms with Crippen molar-refractivity contribution in [3.8, 4) is 16.9 Å². The van der Waals surface area contributed by atoms with Crippen LogP contribution < -0.4 is 10.6 Å². The van der Waals surface area contributed by atoms with E-state index in [4.69, 9.17) is 5.10 Å². The highest BCUT2D eigenvalue weighted by Gasteiger charge is 2.16. The van der Waals surface area contributed by atoms with Gasteiger partial charge in [-0.1, -0.05) is 48.5 Å². The van der Waals surface area contributed by atoms with Crippen molar-refractivity contribution in [1.82, 2.24) is 20.4 Å². The number of piperidine rings is 1. The fraction of sp³-hybridized carbons (Fsp3) is 0.333. The highest BCUT2D eigenvalue weighted by molar-refractivity contribution is 5.85. The standard InChI is InChI=1S/C24H28N4O.ClH/c29-23(12-11-19-13-15-25-16-14-19)26-17-21-18-28(22-9-5-2-6-10-22)27-24(21)20-7-3-1-4-8-20;/h1-10,18-19,25H,11-17H2,(H,26,29);1H. The van der Waals surface area contributed by atoms with Crippen LogP contribution in [0.15, 0.2) is 66.9 Å². The lowest BCUT2D eigenvalue weighted by molar-refractivity contribution is -0.121. The van der Waals surface area contributed by atoms with E-state index < -0.39 is 0 Å². The zero-order valence-electron chi connectivity index (χ0n) is 17.1. The monoisotopic (exact) mass is 424 g/mol. The van der Waals surface area contributed by atoms with Crippen LogP contribution in [-0.2, 0) is 11.3 Å². The van der Waals surface area contributed by atoms with Crippen LogP contribution in [0, 0.1) is 5.92 Å². The lowest BCUT2D eigenvalue weighted by Gasteiger charge is -2.22. The molecule has 2 heterocycles. The first-order valence-electron chi connectivity index (χ1n) is 10.5. The molecule has 158 valence electrons. The molecule has 0 unspecified atom stereocenters. The van der Waals surface area contributed by atoms with Crippen molar-refractivity contribution in [3.63, 3.8) is 0 Å². The minimum atomic E-state index is 0. The van der Waals surface area contributed by atoms with Gasteiger partial charge in [0.2, 0.25) is 5.91 Å². The number of nitrogens with zero attached hydrogens (tertiary/aromatic N) is 2. The van der Waals surface area contributed by atoms with Crippen molar-refractivity contribution in [2.24, 2.45) is 5.92 Å². The quantitative estimate of drug-likeness (QED) is 0.592. The molecule has 5 nitrogen and oxygen atoms in total. The van der Waals surface area contributed by atoms with E-state index in [0.717, 1.165) is 42.0 Å². The molecule has 1 aliphatic heterocycles. The Labute approximate surface area is 184 Å². The van der Waals surface area contributed by atoms with Gasteiger partial charge in [0.15, 0.2) is 0 Å². The average Bonchev–Trinajstić information content (AvgIpc) is 3.22. The SMILES string of the molecule is Cl.O=C(CCC1CCNCC1)NCc1cn(-c2ccccc2)nc1-c1ccccc1. The van der Waals surface area contributed by atoms with Gasteiger partial charge >= 0.3 is 0 Å². The number of benzene rings is 2. The predicted octanol–water partition coefficient (Wildman–Crippen LogP) is 4.36. The molecule has 1 saturated heterocycles. The van der Waals surface area contributed by atoms with Crippen molar-refractivity contribution in [2.75, 3.05) is 13.1 Å². The molecule has 3 aromatic rings. The third kappa shape index (κ3) is 5.71. The largest absolute Gasteiger partial charge is 0.352 e. The number of amides is 1. The summed E-state index contributed by atoms with van der Waals surface area (Å²) < 4.78 is 1.89. The van der Waals surface area contributed by atoms with Gasteiger partial charge in [0, 0.05) is 30.3 Å². The van der Waals surface area contributed by atoms with E-state index in [1.807, 2.05) is 59.4 Å². The van der Waals surface area contributed by atoms with Gasteiger partial charge in [-0.25, -0.2) is 4.68 Å². The summed E-state index contributed by atoms with van der Waals surface area (Å²) in [7, 11) is 0. The Hall–Kier alpha value is -2.63. The Balaban J connectivity index is 0.00000256. The number of nitrogens with one attached hydrogen (secondary N) is 2. The molecule has 0 radical (unpaired) electrons. The number of para-hydroxylation sites is 1. The molecule has 0 saturated carbocycles. The molecule has 0 atom stereocenters. The second-order valence-corrected chi connectivity index (χ2v) is 7.66. The minimum Gasteiger partial charge on any atom is -0.352 e. The second-order valence-electron chi connectivity index (χ2n) is 7.66. The highest BCUT2D eigenvalue weighted by atomic mass is 35.5. The molecule has 30 heavy (non-hydrogen) atoms. The number of halogens is 1. The molecular formula is C24H29ClN4O. The Kier molecular flexibility index (Phi) is 8.05. The number of rotatable bonds is 7. The van der Waals surface area contributed by atoms with E-state index in [0.29, 0.717) is 18.9 Å². The lowest BCUT2D eigenvalue weighted by Crippen LogP contribution is -2.29. The molecule has 1 aromatic heterocycles. The first-order valence-corrected chi connectivity index (χ1v) is 10.5. The number of carbonyl (C=O) groups excluding carboxylic acids is 1. The van der Waals surface area contributed by atoms with E-state index in [9.17, 15) is 4.79 Å². The molecule has 0 spiro atoms. The second kappa shape index (κ2) is 11.0. The van der Waals surface area contributed by atoms with Gasteiger partial charge in [-0.3, -0.25) is 4.79 Å². The van der Waals surface area contributed by atoms with Crippen molar-refractivity contribution in [3.05, 3.63) is 72.4 Å². The van der Waals surface area contributed by atoms with Crippen LogP contribution in [0.5, 0.6) is 0 Å². The molecule has 1 amide bonds. The average molecular weight is 425 g/mol. The lowest BCUT2D eigenvalue weighted by atomic mass is 9.93. The van der Waals surface area contributed by atoms with E-state index in [-0.39, 0.29) is 18.3 Å². The Morgan fingerprint density at radius 1 is 1.03 bits per heavy atom. The smallest absolute Gasteiger partial charge is 0.220 e. The zero-order valence-corrected chi connectivity index (χ0v) is 17.9. The molecule has 0 bridgehead atoms. The topological polar surface area (TPSA) is 59.0 Å². The molecule has 1 aliphatic rings. The summed E-state index contributed by atoms with van der Waals surface area (Å²) in [5.41, 5.74) is 4.00. The summed E-state index contributed by atoms with van der Waals surface area (Å²) in [6.07, 6.45) is 5.94. The van der Waals surface area contributed by atoms with Gasteiger partial charge in [-0.05, 0) is 50.4 Å². The summed E-state index contributed by atoms with van der Waals surface area (Å²) in [4.78, 5) is 12.4. The van der Waals surface area contributed by atoms with Crippen LogP contribution >= 0.6 is 12.4 Å². The van der Waals surface area contributed by atoms with E-state index in [2.05, 4.69) is 22.8 Å². The fourth-order valence-electron chi connectivity index (χ4n) is 3.88. The van der Waals surface area contributed by atoms with Crippen molar-refractivity contribution >= 4 is 18.3 Å². The van der Waals surface area contributed by atoms with Gasteiger partial charge in [0.1, 0.15) is 0 Å². The Morgan fingerprint density at radius 2 is 1.70 bits per heavy atom. The van der Waals surface area contributed by atoms with E-state index in [1.54, 1.807) is 0 Å². The van der Waals surface area contributed by atoms with Gasteiger partial charge < -0.3 is 10.6 Å². The summed E-state index contributed by atoms with van der Waals surface area (Å²) in [5.74, 6) is 0.790. The summed E-state index contributed by atoms with van der Waals surface area (Å²) in [6.45, 7) is 2.64. The molecule has 2 N–H and O–H groups in total. The van der Waals surface area contributed by atoms with Crippen LogP contribution in [0.2, 0.25) is 0 Å². The normalized spacial score (nSPS) is 14.1. The van der Waals surface area contributed by atoms with E-state index >= 15 is 0 Å². The maximum Gasteiger partial charge on any atom is 0.220 e. The van der Waals surface area contributed by atoms with Crippen molar-refractivity contribution < 1.29 is 4.79 Å². The van der Waals surface area contributed by atoms with Gasteiger partial charge in [-0.2, -0.15) is 5.10 Å². The number of aromatic nitrogens is 2. The number of hydrogen-bond donors (Lipinski definition) is 2. The molecule has 2 aromatic carbocycles. The summed E-state index contributed by atoms with van der Waals surface area (Å²) in [6, 6.07) is 20.2. The third-order valence-corrected chi connectivity index (χ3v) is 5.57. The molecule has 0 aliphatic carbocycles. The Bertz CT molecular complexity index is 921. The minimum absolute atomic E-state index is 0. The zero-order chi connectivity index (χ0) is 19.9. The van der Waals surface area contributed by atoms with Crippen molar-refractivity contribution in [2.45, 2.75) is 32.2 Å². The van der Waals surface area contributed by atoms with Crippen LogP contribution in [0.25, 0.3) is 16.9 Å².